The lowest BCUT2D eigenvalue weighted by molar-refractivity contribution is 0.0660. The van der Waals surface area contributed by atoms with E-state index < -0.39 is 5.97 Å². The molecular weight excluding hydrogens is 365 g/mol. The normalized spacial score (nSPS) is 13.2. The second kappa shape index (κ2) is 7.30. The lowest BCUT2D eigenvalue weighted by atomic mass is 9.95. The van der Waals surface area contributed by atoms with Crippen LogP contribution in [0.3, 0.4) is 0 Å². The van der Waals surface area contributed by atoms with Crippen molar-refractivity contribution in [2.24, 2.45) is 0 Å². The zero-order valence-corrected chi connectivity index (χ0v) is 14.9. The number of hydrogen-bond acceptors (Lipinski definition) is 4. The Morgan fingerprint density at radius 3 is 2.79 bits per heavy atom. The van der Waals surface area contributed by atoms with Crippen LogP contribution in [-0.4, -0.2) is 26.8 Å². The van der Waals surface area contributed by atoms with Gasteiger partial charge in [0, 0.05) is 11.3 Å². The maximum absolute atomic E-state index is 13.6. The van der Waals surface area contributed by atoms with Crippen LogP contribution in [0.2, 0.25) is 0 Å². The number of rotatable bonds is 5. The first kappa shape index (κ1) is 18.0. The molecule has 1 aliphatic carbocycles. The molecule has 3 aromatic rings. The number of furan rings is 1. The second-order valence-corrected chi connectivity index (χ2v) is 6.63. The summed E-state index contributed by atoms with van der Waals surface area (Å²) in [4.78, 5) is 23.6. The van der Waals surface area contributed by atoms with E-state index in [1.807, 2.05) is 0 Å². The van der Waals surface area contributed by atoms with E-state index in [0.29, 0.717) is 17.1 Å². The fourth-order valence-corrected chi connectivity index (χ4v) is 3.44. The number of aromatic nitrogens is 2. The van der Waals surface area contributed by atoms with Gasteiger partial charge in [-0.25, -0.2) is 13.9 Å². The van der Waals surface area contributed by atoms with E-state index >= 15 is 0 Å². The van der Waals surface area contributed by atoms with Crippen LogP contribution < -0.4 is 5.32 Å². The van der Waals surface area contributed by atoms with Gasteiger partial charge in [-0.15, -0.1) is 0 Å². The van der Waals surface area contributed by atoms with Crippen LogP contribution >= 0.6 is 0 Å². The summed E-state index contributed by atoms with van der Waals surface area (Å²) in [5.41, 5.74) is 2.69. The number of carboxylic acids is 1. The summed E-state index contributed by atoms with van der Waals surface area (Å²) >= 11 is 0. The van der Waals surface area contributed by atoms with Gasteiger partial charge in [-0.2, -0.15) is 5.10 Å². The molecule has 1 aliphatic rings. The first-order valence-corrected chi connectivity index (χ1v) is 9.00. The van der Waals surface area contributed by atoms with E-state index in [4.69, 9.17) is 9.52 Å². The number of aromatic carboxylic acids is 1. The van der Waals surface area contributed by atoms with E-state index in [2.05, 4.69) is 10.4 Å². The van der Waals surface area contributed by atoms with Crippen molar-refractivity contribution < 1.29 is 23.5 Å². The minimum absolute atomic E-state index is 0.0493. The molecule has 0 aliphatic heterocycles. The Kier molecular flexibility index (Phi) is 4.68. The highest BCUT2D eigenvalue weighted by molar-refractivity contribution is 5.94. The number of halogens is 1. The standard InChI is InChI=1S/C20H18FN3O4/c21-12-4-3-5-13(10-12)24-16-7-2-1-6-15(16)18(23-24)19(25)22-11-14-8-9-17(28-14)20(26)27/h3-5,8-10H,1-2,6-7,11H2,(H,22,25)(H,26,27). The summed E-state index contributed by atoms with van der Waals surface area (Å²) in [6.45, 7) is 0.0493. The number of carboxylic acid groups (broad SMARTS) is 1. The van der Waals surface area contributed by atoms with Gasteiger partial charge in [0.05, 0.1) is 12.2 Å². The molecule has 1 amide bonds. The Morgan fingerprint density at radius 1 is 1.21 bits per heavy atom. The van der Waals surface area contributed by atoms with Crippen molar-refractivity contribution >= 4 is 11.9 Å². The predicted molar refractivity (Wildman–Crippen MR) is 97.0 cm³/mol. The van der Waals surface area contributed by atoms with Crippen LogP contribution in [-0.2, 0) is 19.4 Å². The van der Waals surface area contributed by atoms with E-state index in [0.717, 1.165) is 36.9 Å². The smallest absolute Gasteiger partial charge is 0.371 e. The molecule has 2 N–H and O–H groups in total. The zero-order valence-electron chi connectivity index (χ0n) is 14.9. The largest absolute Gasteiger partial charge is 0.475 e. The minimum Gasteiger partial charge on any atom is -0.475 e. The van der Waals surface area contributed by atoms with E-state index in [1.54, 1.807) is 16.8 Å². The van der Waals surface area contributed by atoms with Crippen LogP contribution in [0.4, 0.5) is 4.39 Å². The molecule has 0 saturated carbocycles. The molecule has 7 nitrogen and oxygen atoms in total. The van der Waals surface area contributed by atoms with Crippen LogP contribution in [0.15, 0.2) is 40.8 Å². The van der Waals surface area contributed by atoms with Gasteiger partial charge in [-0.3, -0.25) is 4.79 Å². The number of carbonyl (C=O) groups excluding carboxylic acids is 1. The summed E-state index contributed by atoms with van der Waals surface area (Å²) in [6, 6.07) is 8.96. The summed E-state index contributed by atoms with van der Waals surface area (Å²) in [5, 5.41) is 16.1. The molecule has 2 aromatic heterocycles. The van der Waals surface area contributed by atoms with Crippen LogP contribution in [0.1, 0.15) is 50.9 Å². The number of amides is 1. The zero-order chi connectivity index (χ0) is 19.7. The van der Waals surface area contributed by atoms with Crippen molar-refractivity contribution in [2.45, 2.75) is 32.2 Å². The second-order valence-electron chi connectivity index (χ2n) is 6.63. The molecule has 4 rings (SSSR count). The molecular formula is C20H18FN3O4. The van der Waals surface area contributed by atoms with Crippen LogP contribution in [0.5, 0.6) is 0 Å². The molecule has 0 atom stereocenters. The van der Waals surface area contributed by atoms with Gasteiger partial charge < -0.3 is 14.8 Å². The quantitative estimate of drug-likeness (QED) is 0.706. The molecule has 0 bridgehead atoms. The van der Waals surface area contributed by atoms with Gasteiger partial charge in [-0.05, 0) is 56.0 Å². The first-order valence-electron chi connectivity index (χ1n) is 9.00. The number of fused-ring (bicyclic) bond motifs is 1. The lowest BCUT2D eigenvalue weighted by Gasteiger charge is -2.14. The number of hydrogen-bond donors (Lipinski definition) is 2. The fraction of sp³-hybridized carbons (Fsp3) is 0.250. The van der Waals surface area contributed by atoms with E-state index in [1.165, 1.54) is 24.3 Å². The van der Waals surface area contributed by atoms with E-state index in [9.17, 15) is 14.0 Å². The Labute approximate surface area is 159 Å². The molecule has 28 heavy (non-hydrogen) atoms. The summed E-state index contributed by atoms with van der Waals surface area (Å²) in [7, 11) is 0. The number of nitrogens with zero attached hydrogens (tertiary/aromatic N) is 2. The fourth-order valence-electron chi connectivity index (χ4n) is 3.44. The van der Waals surface area contributed by atoms with Crippen molar-refractivity contribution in [3.63, 3.8) is 0 Å². The summed E-state index contributed by atoms with van der Waals surface area (Å²) < 4.78 is 20.4. The summed E-state index contributed by atoms with van der Waals surface area (Å²) in [5.74, 6) is -1.75. The van der Waals surface area contributed by atoms with Crippen molar-refractivity contribution in [1.82, 2.24) is 15.1 Å². The van der Waals surface area contributed by atoms with Gasteiger partial charge in [0.15, 0.2) is 5.69 Å². The van der Waals surface area contributed by atoms with Gasteiger partial charge in [0.2, 0.25) is 5.76 Å². The molecule has 8 heteroatoms. The third kappa shape index (κ3) is 3.40. The number of nitrogens with one attached hydrogen (secondary N) is 1. The summed E-state index contributed by atoms with van der Waals surface area (Å²) in [6.07, 6.45) is 3.45. The Hall–Kier alpha value is -3.42. The molecule has 0 saturated heterocycles. The number of carbonyl (C=O) groups is 2. The molecule has 0 unspecified atom stereocenters. The minimum atomic E-state index is -1.17. The Bertz CT molecular complexity index is 1050. The molecule has 144 valence electrons. The van der Waals surface area contributed by atoms with Crippen molar-refractivity contribution in [3.05, 3.63) is 70.7 Å². The molecule has 2 heterocycles. The molecule has 0 fully saturated rings. The molecule has 0 spiro atoms. The Balaban J connectivity index is 1.60. The highest BCUT2D eigenvalue weighted by Crippen LogP contribution is 2.27. The monoisotopic (exact) mass is 383 g/mol. The van der Waals surface area contributed by atoms with Gasteiger partial charge in [-0.1, -0.05) is 6.07 Å². The van der Waals surface area contributed by atoms with Crippen molar-refractivity contribution in [1.29, 1.82) is 0 Å². The van der Waals surface area contributed by atoms with Crippen LogP contribution in [0.25, 0.3) is 5.69 Å². The topological polar surface area (TPSA) is 97.4 Å². The highest BCUT2D eigenvalue weighted by Gasteiger charge is 2.25. The maximum Gasteiger partial charge on any atom is 0.371 e. The maximum atomic E-state index is 13.6. The molecule has 1 aromatic carbocycles. The average Bonchev–Trinajstić information content (AvgIpc) is 3.31. The SMILES string of the molecule is O=C(O)c1ccc(CNC(=O)c2nn(-c3cccc(F)c3)c3c2CCCC3)o1. The van der Waals surface area contributed by atoms with Gasteiger partial charge >= 0.3 is 5.97 Å². The highest BCUT2D eigenvalue weighted by atomic mass is 19.1. The third-order valence-electron chi connectivity index (χ3n) is 4.74. The van der Waals surface area contributed by atoms with E-state index in [-0.39, 0.29) is 24.0 Å². The lowest BCUT2D eigenvalue weighted by Crippen LogP contribution is -2.24. The van der Waals surface area contributed by atoms with Gasteiger partial charge in [0.1, 0.15) is 11.6 Å². The first-order chi connectivity index (χ1) is 13.5. The Morgan fingerprint density at radius 2 is 2.04 bits per heavy atom. The van der Waals surface area contributed by atoms with Crippen molar-refractivity contribution in [3.8, 4) is 5.69 Å². The third-order valence-corrected chi connectivity index (χ3v) is 4.74. The number of benzene rings is 1. The van der Waals surface area contributed by atoms with Crippen LogP contribution in [0, 0.1) is 5.82 Å². The van der Waals surface area contributed by atoms with Crippen molar-refractivity contribution in [2.75, 3.05) is 0 Å². The molecule has 0 radical (unpaired) electrons. The van der Waals surface area contributed by atoms with Gasteiger partial charge in [0.25, 0.3) is 5.91 Å². The average molecular weight is 383 g/mol. The predicted octanol–water partition coefficient (Wildman–Crippen LogP) is 3.11.